The molecule has 0 saturated carbocycles. The first-order valence-corrected chi connectivity index (χ1v) is 14.2. The molecule has 0 unspecified atom stereocenters. The fourth-order valence-electron chi connectivity index (χ4n) is 4.70. The molecule has 40 heavy (non-hydrogen) atoms. The van der Waals surface area contributed by atoms with Crippen LogP contribution in [0.25, 0.3) is 0 Å². The SMILES string of the molecule is Cc1cc(F)ccc1Nc1cc(S(=O)(=O)Nc2ccccn2)ncc1C(=O)N1CCC(c2ccc(F)cc2)CC1. The molecular weight excluding hydrogens is 536 g/mol. The zero-order chi connectivity index (χ0) is 28.3. The molecule has 0 aliphatic carbocycles. The number of benzene rings is 2. The number of halogens is 2. The topological polar surface area (TPSA) is 104 Å². The lowest BCUT2D eigenvalue weighted by atomic mass is 9.89. The van der Waals surface area contributed by atoms with E-state index in [2.05, 4.69) is 20.0 Å². The van der Waals surface area contributed by atoms with Crippen LogP contribution >= 0.6 is 0 Å². The number of sulfonamides is 1. The Morgan fingerprint density at radius 3 is 2.33 bits per heavy atom. The Hall–Kier alpha value is -4.38. The molecule has 1 amide bonds. The Balaban J connectivity index is 1.42. The molecule has 4 aromatic rings. The highest BCUT2D eigenvalue weighted by Crippen LogP contribution is 2.31. The van der Waals surface area contributed by atoms with Crippen LogP contribution < -0.4 is 10.0 Å². The Labute approximate surface area is 231 Å². The quantitative estimate of drug-likeness (QED) is 0.302. The Morgan fingerprint density at radius 2 is 1.65 bits per heavy atom. The minimum atomic E-state index is -4.13. The molecule has 8 nitrogen and oxygen atoms in total. The second-order valence-corrected chi connectivity index (χ2v) is 11.2. The number of aromatic nitrogens is 2. The summed E-state index contributed by atoms with van der Waals surface area (Å²) >= 11 is 0. The van der Waals surface area contributed by atoms with E-state index in [1.54, 1.807) is 36.1 Å². The number of carbonyl (C=O) groups excluding carboxylic acids is 1. The third-order valence-electron chi connectivity index (χ3n) is 6.87. The van der Waals surface area contributed by atoms with Crippen molar-refractivity contribution in [2.45, 2.75) is 30.7 Å². The molecule has 2 aromatic carbocycles. The lowest BCUT2D eigenvalue weighted by molar-refractivity contribution is 0.0713. The number of nitrogens with one attached hydrogen (secondary N) is 2. The Morgan fingerprint density at radius 1 is 0.925 bits per heavy atom. The molecule has 0 atom stereocenters. The van der Waals surface area contributed by atoms with Crippen LogP contribution in [-0.4, -0.2) is 42.3 Å². The van der Waals surface area contributed by atoms with Crippen molar-refractivity contribution in [3.05, 3.63) is 107 Å². The van der Waals surface area contributed by atoms with Crippen molar-refractivity contribution < 1.29 is 22.0 Å². The van der Waals surface area contributed by atoms with Crippen molar-refractivity contribution in [3.8, 4) is 0 Å². The van der Waals surface area contributed by atoms with Crippen molar-refractivity contribution in [2.24, 2.45) is 0 Å². The normalized spacial score (nSPS) is 14.1. The van der Waals surface area contributed by atoms with Gasteiger partial charge in [-0.2, -0.15) is 8.42 Å². The molecule has 1 saturated heterocycles. The molecule has 0 bridgehead atoms. The molecular formula is C29H27F2N5O3S. The van der Waals surface area contributed by atoms with Gasteiger partial charge in [-0.25, -0.2) is 18.7 Å². The lowest BCUT2D eigenvalue weighted by Gasteiger charge is -2.32. The van der Waals surface area contributed by atoms with Gasteiger partial charge >= 0.3 is 0 Å². The average molecular weight is 564 g/mol. The summed E-state index contributed by atoms with van der Waals surface area (Å²) < 4.78 is 55.6. The van der Waals surface area contributed by atoms with Crippen LogP contribution in [0.5, 0.6) is 0 Å². The van der Waals surface area contributed by atoms with Gasteiger partial charge < -0.3 is 10.2 Å². The van der Waals surface area contributed by atoms with E-state index < -0.39 is 15.8 Å². The summed E-state index contributed by atoms with van der Waals surface area (Å²) in [5.74, 6) is -0.694. The van der Waals surface area contributed by atoms with E-state index in [1.807, 2.05) is 0 Å². The Bertz CT molecular complexity index is 1630. The smallest absolute Gasteiger partial charge is 0.280 e. The first kappa shape index (κ1) is 27.2. The van der Waals surface area contributed by atoms with E-state index in [1.165, 1.54) is 54.9 Å². The number of rotatable bonds is 7. The highest BCUT2D eigenvalue weighted by atomic mass is 32.2. The highest BCUT2D eigenvalue weighted by molar-refractivity contribution is 7.92. The van der Waals surface area contributed by atoms with Crippen LogP contribution in [0.2, 0.25) is 0 Å². The van der Waals surface area contributed by atoms with E-state index in [0.717, 1.165) is 5.56 Å². The van der Waals surface area contributed by atoms with Crippen LogP contribution in [-0.2, 0) is 10.0 Å². The van der Waals surface area contributed by atoms with Gasteiger partial charge in [-0.1, -0.05) is 18.2 Å². The van der Waals surface area contributed by atoms with Crippen molar-refractivity contribution >= 4 is 33.1 Å². The van der Waals surface area contributed by atoms with E-state index in [4.69, 9.17) is 0 Å². The predicted octanol–water partition coefficient (Wildman–Crippen LogP) is 5.63. The van der Waals surface area contributed by atoms with Crippen LogP contribution in [0.15, 0.2) is 84.1 Å². The van der Waals surface area contributed by atoms with Gasteiger partial charge in [0.1, 0.15) is 17.5 Å². The first-order valence-electron chi connectivity index (χ1n) is 12.7. The zero-order valence-electron chi connectivity index (χ0n) is 21.6. The number of amides is 1. The van der Waals surface area contributed by atoms with E-state index in [-0.39, 0.29) is 39.7 Å². The number of nitrogens with zero attached hydrogens (tertiary/aromatic N) is 3. The molecule has 11 heteroatoms. The van der Waals surface area contributed by atoms with Crippen LogP contribution in [0, 0.1) is 18.6 Å². The number of carbonyl (C=O) groups is 1. The maximum atomic E-state index is 13.7. The summed E-state index contributed by atoms with van der Waals surface area (Å²) in [5.41, 5.74) is 2.51. The molecule has 2 N–H and O–H groups in total. The van der Waals surface area contributed by atoms with Gasteiger partial charge in [-0.3, -0.25) is 9.52 Å². The van der Waals surface area contributed by atoms with E-state index in [9.17, 15) is 22.0 Å². The molecule has 2 aromatic heterocycles. The van der Waals surface area contributed by atoms with Gasteiger partial charge in [-0.05, 0) is 79.3 Å². The minimum absolute atomic E-state index is 0.123. The van der Waals surface area contributed by atoms with E-state index in [0.29, 0.717) is 37.2 Å². The molecule has 0 spiro atoms. The number of aryl methyl sites for hydroxylation is 1. The number of hydrogen-bond acceptors (Lipinski definition) is 6. The first-order chi connectivity index (χ1) is 19.2. The van der Waals surface area contributed by atoms with Gasteiger partial charge in [-0.15, -0.1) is 0 Å². The second-order valence-electron chi connectivity index (χ2n) is 9.59. The fourth-order valence-corrected chi connectivity index (χ4v) is 5.67. The fraction of sp³-hybridized carbons (Fsp3) is 0.207. The van der Waals surface area contributed by atoms with Crippen molar-refractivity contribution in [1.29, 1.82) is 0 Å². The molecule has 0 radical (unpaired) electrons. The largest absolute Gasteiger partial charge is 0.355 e. The maximum Gasteiger partial charge on any atom is 0.280 e. The maximum absolute atomic E-state index is 13.7. The molecule has 1 fully saturated rings. The van der Waals surface area contributed by atoms with Gasteiger partial charge in [0.25, 0.3) is 15.9 Å². The van der Waals surface area contributed by atoms with Gasteiger partial charge in [0.05, 0.1) is 11.3 Å². The number of pyridine rings is 2. The number of likely N-dealkylation sites (tertiary alicyclic amines) is 1. The van der Waals surface area contributed by atoms with E-state index >= 15 is 0 Å². The summed E-state index contributed by atoms with van der Waals surface area (Å²) in [6.07, 6.45) is 4.09. The third kappa shape index (κ3) is 6.09. The Kier molecular flexibility index (Phi) is 7.74. The summed E-state index contributed by atoms with van der Waals surface area (Å²) in [6, 6.07) is 16.6. The third-order valence-corrected chi connectivity index (χ3v) is 8.12. The van der Waals surface area contributed by atoms with Crippen molar-refractivity contribution in [1.82, 2.24) is 14.9 Å². The monoisotopic (exact) mass is 563 g/mol. The van der Waals surface area contributed by atoms with Crippen molar-refractivity contribution in [3.63, 3.8) is 0 Å². The summed E-state index contributed by atoms with van der Waals surface area (Å²) in [7, 11) is -4.13. The molecule has 3 heterocycles. The van der Waals surface area contributed by atoms with Gasteiger partial charge in [0.15, 0.2) is 5.03 Å². The average Bonchev–Trinajstić information content (AvgIpc) is 2.95. The molecule has 5 rings (SSSR count). The van der Waals surface area contributed by atoms with Crippen LogP contribution in [0.1, 0.15) is 40.2 Å². The standard InChI is InChI=1S/C29H27F2N5O3S/c1-19-16-23(31)9-10-25(19)34-26-17-28(40(38,39)35-27-4-2-3-13-32-27)33-18-24(26)29(37)36-14-11-21(12-15-36)20-5-7-22(30)8-6-20/h2-10,13,16-18,21H,11-12,14-15H2,1H3,(H,32,35)(H,33,34). The lowest BCUT2D eigenvalue weighted by Crippen LogP contribution is -2.38. The highest BCUT2D eigenvalue weighted by Gasteiger charge is 2.28. The zero-order valence-corrected chi connectivity index (χ0v) is 22.5. The molecule has 1 aliphatic rings. The molecule has 1 aliphatic heterocycles. The predicted molar refractivity (Wildman–Crippen MR) is 148 cm³/mol. The second kappa shape index (κ2) is 11.4. The van der Waals surface area contributed by atoms with Gasteiger partial charge in [0.2, 0.25) is 0 Å². The minimum Gasteiger partial charge on any atom is -0.355 e. The van der Waals surface area contributed by atoms with Gasteiger partial charge in [0, 0.05) is 37.2 Å². The van der Waals surface area contributed by atoms with Crippen LogP contribution in [0.3, 0.4) is 0 Å². The summed E-state index contributed by atoms with van der Waals surface area (Å²) in [6.45, 7) is 2.64. The van der Waals surface area contributed by atoms with Crippen LogP contribution in [0.4, 0.5) is 26.0 Å². The number of anilines is 3. The number of hydrogen-bond donors (Lipinski definition) is 2. The summed E-state index contributed by atoms with van der Waals surface area (Å²) in [4.78, 5) is 23.4. The van der Waals surface area contributed by atoms with Crippen molar-refractivity contribution in [2.75, 3.05) is 23.1 Å². The number of piperidine rings is 1. The summed E-state index contributed by atoms with van der Waals surface area (Å²) in [5, 5.41) is 2.79. The molecule has 206 valence electrons.